The quantitative estimate of drug-likeness (QED) is 0.849. The zero-order valence-electron chi connectivity index (χ0n) is 10.5. The van der Waals surface area contributed by atoms with Crippen LogP contribution in [0.3, 0.4) is 0 Å². The maximum absolute atomic E-state index is 5.62. The number of hydrogen-bond donors (Lipinski definition) is 1. The first-order valence-corrected chi connectivity index (χ1v) is 6.33. The normalized spacial score (nSPS) is 11.6. The van der Waals surface area contributed by atoms with Gasteiger partial charge in [-0.25, -0.2) is 4.98 Å². The number of pyridine rings is 1. The molecule has 2 N–H and O–H groups in total. The molecule has 17 heavy (non-hydrogen) atoms. The molecule has 0 atom stereocenters. The largest absolute Gasteiger partial charge is 0.475 e. The van der Waals surface area contributed by atoms with Crippen molar-refractivity contribution in [3.8, 4) is 5.88 Å². The van der Waals surface area contributed by atoms with Gasteiger partial charge in [-0.2, -0.15) is 0 Å². The van der Waals surface area contributed by atoms with Crippen LogP contribution in [0.25, 0.3) is 0 Å². The van der Waals surface area contributed by atoms with Crippen LogP contribution in [0.4, 0.5) is 0 Å². The number of hydrogen-bond acceptors (Lipinski definition) is 4. The average molecular weight is 303 g/mol. The zero-order chi connectivity index (χ0) is 12.9. The Balaban J connectivity index is 2.46. The third-order valence-electron chi connectivity index (χ3n) is 1.97. The molecule has 0 amide bonds. The summed E-state index contributed by atoms with van der Waals surface area (Å²) < 4.78 is 12.0. The Morgan fingerprint density at radius 3 is 2.65 bits per heavy atom. The third kappa shape index (κ3) is 5.48. The summed E-state index contributed by atoms with van der Waals surface area (Å²) >= 11 is 3.35. The van der Waals surface area contributed by atoms with E-state index in [4.69, 9.17) is 15.2 Å². The monoisotopic (exact) mass is 302 g/mol. The van der Waals surface area contributed by atoms with Crippen LogP contribution in [-0.4, -0.2) is 23.8 Å². The number of halogens is 1. The topological polar surface area (TPSA) is 57.4 Å². The number of ether oxygens (including phenoxy) is 2. The fourth-order valence-electron chi connectivity index (χ4n) is 1.23. The Hall–Kier alpha value is -0.650. The van der Waals surface area contributed by atoms with Gasteiger partial charge in [-0.1, -0.05) is 0 Å². The second-order valence-corrected chi connectivity index (χ2v) is 5.55. The van der Waals surface area contributed by atoms with E-state index in [9.17, 15) is 0 Å². The van der Waals surface area contributed by atoms with Gasteiger partial charge < -0.3 is 15.2 Å². The Kier molecular flexibility index (Phi) is 5.36. The van der Waals surface area contributed by atoms with Gasteiger partial charge in [0.1, 0.15) is 6.61 Å². The van der Waals surface area contributed by atoms with E-state index in [-0.39, 0.29) is 5.60 Å². The molecular weight excluding hydrogens is 284 g/mol. The molecule has 0 saturated heterocycles. The van der Waals surface area contributed by atoms with Gasteiger partial charge in [-0.15, -0.1) is 0 Å². The Morgan fingerprint density at radius 1 is 1.35 bits per heavy atom. The van der Waals surface area contributed by atoms with Crippen LogP contribution >= 0.6 is 15.9 Å². The summed E-state index contributed by atoms with van der Waals surface area (Å²) in [4.78, 5) is 4.18. The predicted molar refractivity (Wildman–Crippen MR) is 71.0 cm³/mol. The summed E-state index contributed by atoms with van der Waals surface area (Å²) in [5, 5.41) is 0. The van der Waals surface area contributed by atoms with Gasteiger partial charge in [0.2, 0.25) is 5.88 Å². The van der Waals surface area contributed by atoms with E-state index in [0.717, 1.165) is 10.0 Å². The lowest BCUT2D eigenvalue weighted by Crippen LogP contribution is -2.22. The van der Waals surface area contributed by atoms with E-state index in [1.807, 2.05) is 26.8 Å². The molecule has 0 unspecified atom stereocenters. The molecule has 1 heterocycles. The molecule has 4 nitrogen and oxygen atoms in total. The van der Waals surface area contributed by atoms with Gasteiger partial charge in [0.15, 0.2) is 0 Å². The van der Waals surface area contributed by atoms with E-state index in [1.54, 1.807) is 6.20 Å². The highest BCUT2D eigenvalue weighted by atomic mass is 79.9. The first-order chi connectivity index (χ1) is 7.92. The first kappa shape index (κ1) is 14.4. The van der Waals surface area contributed by atoms with Crippen molar-refractivity contribution in [1.29, 1.82) is 0 Å². The number of nitrogens with zero attached hydrogens (tertiary/aromatic N) is 1. The minimum atomic E-state index is -0.146. The Bertz CT molecular complexity index is 364. The lowest BCUT2D eigenvalue weighted by Gasteiger charge is -2.19. The standard InChI is InChI=1S/C12H19BrN2O2/c1-12(2,3)17-5-4-16-11-9(7-14)6-10(13)8-15-11/h6,8H,4-5,7,14H2,1-3H3. The highest BCUT2D eigenvalue weighted by molar-refractivity contribution is 9.10. The minimum absolute atomic E-state index is 0.146. The summed E-state index contributed by atoms with van der Waals surface area (Å²) in [6, 6.07) is 1.91. The fraction of sp³-hybridized carbons (Fsp3) is 0.583. The van der Waals surface area contributed by atoms with Crippen LogP contribution in [0.1, 0.15) is 26.3 Å². The van der Waals surface area contributed by atoms with Crippen molar-refractivity contribution >= 4 is 15.9 Å². The van der Waals surface area contributed by atoms with Gasteiger partial charge in [0.25, 0.3) is 0 Å². The minimum Gasteiger partial charge on any atom is -0.475 e. The van der Waals surface area contributed by atoms with Gasteiger partial charge in [0, 0.05) is 22.8 Å². The Morgan fingerprint density at radius 2 is 2.06 bits per heavy atom. The van der Waals surface area contributed by atoms with Crippen molar-refractivity contribution in [2.45, 2.75) is 32.9 Å². The van der Waals surface area contributed by atoms with E-state index >= 15 is 0 Å². The van der Waals surface area contributed by atoms with Crippen molar-refractivity contribution in [1.82, 2.24) is 4.98 Å². The molecule has 0 aliphatic heterocycles. The summed E-state index contributed by atoms with van der Waals surface area (Å²) in [5.41, 5.74) is 6.36. The molecule has 0 bridgehead atoms. The van der Waals surface area contributed by atoms with E-state index in [1.165, 1.54) is 0 Å². The average Bonchev–Trinajstić information content (AvgIpc) is 2.24. The van der Waals surface area contributed by atoms with Gasteiger partial charge in [-0.3, -0.25) is 0 Å². The molecule has 96 valence electrons. The van der Waals surface area contributed by atoms with Crippen LogP contribution in [-0.2, 0) is 11.3 Å². The van der Waals surface area contributed by atoms with Crippen LogP contribution in [0.2, 0.25) is 0 Å². The molecule has 0 aliphatic rings. The molecule has 0 radical (unpaired) electrons. The molecule has 1 aromatic rings. The highest BCUT2D eigenvalue weighted by Crippen LogP contribution is 2.19. The lowest BCUT2D eigenvalue weighted by molar-refractivity contribution is -0.0169. The molecule has 1 rings (SSSR count). The lowest BCUT2D eigenvalue weighted by atomic mass is 10.2. The maximum atomic E-state index is 5.62. The molecular formula is C12H19BrN2O2. The van der Waals surface area contributed by atoms with Crippen LogP contribution < -0.4 is 10.5 Å². The third-order valence-corrected chi connectivity index (χ3v) is 2.40. The molecule has 0 fully saturated rings. The van der Waals surface area contributed by atoms with Gasteiger partial charge >= 0.3 is 0 Å². The summed E-state index contributed by atoms with van der Waals surface area (Å²) in [6.45, 7) is 7.44. The molecule has 0 spiro atoms. The SMILES string of the molecule is CC(C)(C)OCCOc1ncc(Br)cc1CN. The van der Waals surface area contributed by atoms with Crippen molar-refractivity contribution in [2.24, 2.45) is 5.73 Å². The summed E-state index contributed by atoms with van der Waals surface area (Å²) in [5.74, 6) is 0.577. The molecule has 0 saturated carbocycles. The number of nitrogens with two attached hydrogens (primary N) is 1. The molecule has 1 aromatic heterocycles. The Labute approximate surface area is 111 Å². The van der Waals surface area contributed by atoms with Gasteiger partial charge in [-0.05, 0) is 42.8 Å². The van der Waals surface area contributed by atoms with Crippen LogP contribution in [0, 0.1) is 0 Å². The van der Waals surface area contributed by atoms with Crippen molar-refractivity contribution in [3.05, 3.63) is 22.3 Å². The number of aromatic nitrogens is 1. The van der Waals surface area contributed by atoms with E-state index in [0.29, 0.717) is 25.6 Å². The van der Waals surface area contributed by atoms with Crippen molar-refractivity contribution < 1.29 is 9.47 Å². The molecule has 0 aliphatic carbocycles. The van der Waals surface area contributed by atoms with Crippen molar-refractivity contribution in [2.75, 3.05) is 13.2 Å². The smallest absolute Gasteiger partial charge is 0.217 e. The molecule has 5 heteroatoms. The first-order valence-electron chi connectivity index (χ1n) is 5.53. The maximum Gasteiger partial charge on any atom is 0.217 e. The predicted octanol–water partition coefficient (Wildman–Crippen LogP) is 2.50. The second kappa shape index (κ2) is 6.33. The summed E-state index contributed by atoms with van der Waals surface area (Å²) in [7, 11) is 0. The van der Waals surface area contributed by atoms with E-state index < -0.39 is 0 Å². The second-order valence-electron chi connectivity index (χ2n) is 4.63. The highest BCUT2D eigenvalue weighted by Gasteiger charge is 2.10. The van der Waals surface area contributed by atoms with E-state index in [2.05, 4.69) is 20.9 Å². The van der Waals surface area contributed by atoms with Crippen molar-refractivity contribution in [3.63, 3.8) is 0 Å². The fourth-order valence-corrected chi connectivity index (χ4v) is 1.61. The van der Waals surface area contributed by atoms with Crippen LogP contribution in [0.15, 0.2) is 16.7 Å². The molecule has 0 aromatic carbocycles. The number of rotatable bonds is 5. The van der Waals surface area contributed by atoms with Crippen LogP contribution in [0.5, 0.6) is 5.88 Å². The summed E-state index contributed by atoms with van der Waals surface area (Å²) in [6.07, 6.45) is 1.69. The van der Waals surface area contributed by atoms with Gasteiger partial charge in [0.05, 0.1) is 12.2 Å². The zero-order valence-corrected chi connectivity index (χ0v) is 12.1.